The summed E-state index contributed by atoms with van der Waals surface area (Å²) in [6.45, 7) is 4.28. The Labute approximate surface area is 111 Å². The summed E-state index contributed by atoms with van der Waals surface area (Å²) in [5.74, 6) is 1.79. The maximum atomic E-state index is 8.98. The lowest BCUT2D eigenvalue weighted by atomic mass is 10.2. The number of aliphatic hydroxyl groups is 1. The van der Waals surface area contributed by atoms with E-state index in [0.29, 0.717) is 6.04 Å². The van der Waals surface area contributed by atoms with Gasteiger partial charge < -0.3 is 5.11 Å². The highest BCUT2D eigenvalue weighted by Crippen LogP contribution is 2.23. The molecule has 1 heterocycles. The average molecular weight is 263 g/mol. The van der Waals surface area contributed by atoms with Crippen molar-refractivity contribution in [2.45, 2.75) is 37.1 Å². The van der Waals surface area contributed by atoms with E-state index in [1.807, 2.05) is 28.9 Å². The van der Waals surface area contributed by atoms with E-state index < -0.39 is 0 Å². The highest BCUT2D eigenvalue weighted by molar-refractivity contribution is 7.98. The van der Waals surface area contributed by atoms with Crippen molar-refractivity contribution in [3.05, 3.63) is 42.0 Å². The Bertz CT molecular complexity index is 493. The second-order valence-electron chi connectivity index (χ2n) is 4.31. The van der Waals surface area contributed by atoms with Crippen molar-refractivity contribution in [3.8, 4) is 0 Å². The number of aliphatic hydroxyl groups excluding tert-OH is 1. The van der Waals surface area contributed by atoms with Crippen LogP contribution in [0.5, 0.6) is 0 Å². The van der Waals surface area contributed by atoms with Crippen molar-refractivity contribution in [1.29, 1.82) is 0 Å². The molecule has 0 aliphatic rings. The van der Waals surface area contributed by atoms with Gasteiger partial charge in [0.1, 0.15) is 12.2 Å². The standard InChI is InChI=1S/C13H17N3OS/c1-10(2)16-13(14-9-15-16)8-18-12-5-3-11(7-17)4-6-12/h3-6,9-10,17H,7-8H2,1-2H3. The van der Waals surface area contributed by atoms with Gasteiger partial charge in [0.05, 0.1) is 12.4 Å². The van der Waals surface area contributed by atoms with Crippen LogP contribution < -0.4 is 0 Å². The average Bonchev–Trinajstić information content (AvgIpc) is 2.85. The quantitative estimate of drug-likeness (QED) is 0.843. The molecule has 0 spiro atoms. The molecule has 1 aromatic heterocycles. The van der Waals surface area contributed by atoms with E-state index >= 15 is 0 Å². The van der Waals surface area contributed by atoms with E-state index in [1.54, 1.807) is 18.1 Å². The zero-order valence-electron chi connectivity index (χ0n) is 10.6. The molecule has 0 aliphatic heterocycles. The fraction of sp³-hybridized carbons (Fsp3) is 0.385. The van der Waals surface area contributed by atoms with Crippen LogP contribution in [0.3, 0.4) is 0 Å². The van der Waals surface area contributed by atoms with E-state index in [0.717, 1.165) is 17.1 Å². The Kier molecular flexibility index (Phi) is 4.38. The van der Waals surface area contributed by atoms with Crippen LogP contribution in [0.25, 0.3) is 0 Å². The van der Waals surface area contributed by atoms with Crippen molar-refractivity contribution in [1.82, 2.24) is 14.8 Å². The van der Waals surface area contributed by atoms with E-state index in [9.17, 15) is 0 Å². The molecular formula is C13H17N3OS. The molecule has 0 bridgehead atoms. The fourth-order valence-corrected chi connectivity index (χ4v) is 2.48. The van der Waals surface area contributed by atoms with Crippen LogP contribution >= 0.6 is 11.8 Å². The van der Waals surface area contributed by atoms with Gasteiger partial charge in [-0.25, -0.2) is 9.67 Å². The third-order valence-corrected chi connectivity index (χ3v) is 3.62. The summed E-state index contributed by atoms with van der Waals surface area (Å²) in [6, 6.07) is 8.25. The summed E-state index contributed by atoms with van der Waals surface area (Å²) in [5.41, 5.74) is 0.935. The first-order chi connectivity index (χ1) is 8.70. The highest BCUT2D eigenvalue weighted by atomic mass is 32.2. The number of nitrogens with zero attached hydrogens (tertiary/aromatic N) is 3. The zero-order valence-corrected chi connectivity index (χ0v) is 11.4. The number of aromatic nitrogens is 3. The van der Waals surface area contributed by atoms with Gasteiger partial charge in [0, 0.05) is 10.9 Å². The summed E-state index contributed by atoms with van der Waals surface area (Å²) < 4.78 is 1.94. The Morgan fingerprint density at radius 1 is 1.28 bits per heavy atom. The van der Waals surface area contributed by atoms with Gasteiger partial charge in [-0.2, -0.15) is 5.10 Å². The Morgan fingerprint density at radius 3 is 2.61 bits per heavy atom. The zero-order chi connectivity index (χ0) is 13.0. The van der Waals surface area contributed by atoms with Crippen molar-refractivity contribution in [2.75, 3.05) is 0 Å². The molecular weight excluding hydrogens is 246 g/mol. The summed E-state index contributed by atoms with van der Waals surface area (Å²) in [4.78, 5) is 5.45. The number of hydrogen-bond acceptors (Lipinski definition) is 4. The molecule has 96 valence electrons. The number of rotatable bonds is 5. The summed E-state index contributed by atoms with van der Waals surface area (Å²) in [6.07, 6.45) is 1.60. The van der Waals surface area contributed by atoms with E-state index in [2.05, 4.69) is 23.9 Å². The van der Waals surface area contributed by atoms with Crippen molar-refractivity contribution in [2.24, 2.45) is 0 Å². The molecule has 1 N–H and O–H groups in total. The minimum Gasteiger partial charge on any atom is -0.392 e. The van der Waals surface area contributed by atoms with Gasteiger partial charge >= 0.3 is 0 Å². The lowest BCUT2D eigenvalue weighted by Gasteiger charge is -2.09. The van der Waals surface area contributed by atoms with E-state index in [-0.39, 0.29) is 6.61 Å². The minimum absolute atomic E-state index is 0.0899. The largest absolute Gasteiger partial charge is 0.392 e. The van der Waals surface area contributed by atoms with Gasteiger partial charge in [-0.15, -0.1) is 11.8 Å². The van der Waals surface area contributed by atoms with Crippen molar-refractivity contribution in [3.63, 3.8) is 0 Å². The highest BCUT2D eigenvalue weighted by Gasteiger charge is 2.07. The lowest BCUT2D eigenvalue weighted by Crippen LogP contribution is -2.07. The molecule has 0 aliphatic carbocycles. The Balaban J connectivity index is 2.00. The molecule has 2 rings (SSSR count). The van der Waals surface area contributed by atoms with Gasteiger partial charge in [-0.1, -0.05) is 12.1 Å². The molecule has 0 amide bonds. The van der Waals surface area contributed by atoms with Gasteiger partial charge in [0.2, 0.25) is 0 Å². The number of hydrogen-bond donors (Lipinski definition) is 1. The lowest BCUT2D eigenvalue weighted by molar-refractivity contribution is 0.282. The van der Waals surface area contributed by atoms with Crippen molar-refractivity contribution < 1.29 is 5.11 Å². The van der Waals surface area contributed by atoms with Gasteiger partial charge in [-0.3, -0.25) is 0 Å². The summed E-state index contributed by atoms with van der Waals surface area (Å²) in [7, 11) is 0. The Hall–Kier alpha value is -1.33. The molecule has 0 fully saturated rings. The van der Waals surface area contributed by atoms with Crippen LogP contribution in [-0.4, -0.2) is 19.9 Å². The molecule has 18 heavy (non-hydrogen) atoms. The normalized spacial score (nSPS) is 11.1. The summed E-state index contributed by atoms with van der Waals surface area (Å²) in [5, 5.41) is 13.2. The van der Waals surface area contributed by atoms with Crippen molar-refractivity contribution >= 4 is 11.8 Å². The molecule has 2 aromatic rings. The third-order valence-electron chi connectivity index (χ3n) is 2.61. The van der Waals surface area contributed by atoms with Gasteiger partial charge in [0.25, 0.3) is 0 Å². The number of benzene rings is 1. The molecule has 0 radical (unpaired) electrons. The first kappa shape index (κ1) is 13.1. The topological polar surface area (TPSA) is 50.9 Å². The molecule has 0 unspecified atom stereocenters. The van der Waals surface area contributed by atoms with Crippen LogP contribution in [-0.2, 0) is 12.4 Å². The van der Waals surface area contributed by atoms with E-state index in [1.165, 1.54) is 4.90 Å². The molecule has 1 aromatic carbocycles. The predicted octanol–water partition coefficient (Wildman–Crippen LogP) is 2.64. The number of thioether (sulfide) groups is 1. The molecule has 5 heteroatoms. The molecule has 0 saturated heterocycles. The first-order valence-corrected chi connectivity index (χ1v) is 6.90. The SMILES string of the molecule is CC(C)n1ncnc1CSc1ccc(CO)cc1. The minimum atomic E-state index is 0.0899. The Morgan fingerprint density at radius 2 is 2.00 bits per heavy atom. The van der Waals surface area contributed by atoms with Crippen LogP contribution in [0, 0.1) is 0 Å². The van der Waals surface area contributed by atoms with Crippen LogP contribution in [0.15, 0.2) is 35.5 Å². The fourth-order valence-electron chi connectivity index (χ4n) is 1.65. The molecule has 4 nitrogen and oxygen atoms in total. The monoisotopic (exact) mass is 263 g/mol. The van der Waals surface area contributed by atoms with Gasteiger partial charge in [-0.05, 0) is 31.5 Å². The molecule has 0 saturated carbocycles. The van der Waals surface area contributed by atoms with Crippen LogP contribution in [0.4, 0.5) is 0 Å². The van der Waals surface area contributed by atoms with Crippen LogP contribution in [0.2, 0.25) is 0 Å². The smallest absolute Gasteiger partial charge is 0.138 e. The van der Waals surface area contributed by atoms with E-state index in [4.69, 9.17) is 5.11 Å². The maximum absolute atomic E-state index is 8.98. The van der Waals surface area contributed by atoms with Gasteiger partial charge in [0.15, 0.2) is 0 Å². The maximum Gasteiger partial charge on any atom is 0.138 e. The summed E-state index contributed by atoms with van der Waals surface area (Å²) >= 11 is 1.72. The molecule has 0 atom stereocenters. The second-order valence-corrected chi connectivity index (χ2v) is 5.35. The predicted molar refractivity (Wildman–Crippen MR) is 72.3 cm³/mol. The second kappa shape index (κ2) is 6.02. The van der Waals surface area contributed by atoms with Crippen LogP contribution in [0.1, 0.15) is 31.3 Å². The first-order valence-electron chi connectivity index (χ1n) is 5.91. The third kappa shape index (κ3) is 3.11.